The molecule has 2 saturated carbocycles. The first-order valence-electron chi connectivity index (χ1n) is 8.53. The standard InChI is InChI=1S/C17H35N3/c1-15-7-5-9-16(13-18,12-8-15)20(4)14-17(19(2)3)10-6-11-17/h15H,5-14,18H2,1-4H3. The molecule has 0 aliphatic heterocycles. The molecular formula is C17H35N3. The molecule has 0 heterocycles. The van der Waals surface area contributed by atoms with Gasteiger partial charge in [-0.1, -0.05) is 19.8 Å². The van der Waals surface area contributed by atoms with Gasteiger partial charge in [0.05, 0.1) is 0 Å². The molecule has 3 nitrogen and oxygen atoms in total. The van der Waals surface area contributed by atoms with Crippen LogP contribution in [0.4, 0.5) is 0 Å². The van der Waals surface area contributed by atoms with Crippen molar-refractivity contribution in [1.82, 2.24) is 9.80 Å². The summed E-state index contributed by atoms with van der Waals surface area (Å²) in [5, 5.41) is 0. The largest absolute Gasteiger partial charge is 0.329 e. The lowest BCUT2D eigenvalue weighted by atomic mass is 9.74. The number of rotatable bonds is 5. The van der Waals surface area contributed by atoms with Gasteiger partial charge in [-0.15, -0.1) is 0 Å². The lowest BCUT2D eigenvalue weighted by molar-refractivity contribution is -0.0125. The molecule has 2 aliphatic rings. The van der Waals surface area contributed by atoms with Crippen LogP contribution in [0.5, 0.6) is 0 Å². The van der Waals surface area contributed by atoms with Gasteiger partial charge in [-0.2, -0.15) is 0 Å². The van der Waals surface area contributed by atoms with E-state index in [9.17, 15) is 0 Å². The molecule has 2 fully saturated rings. The molecule has 2 rings (SSSR count). The molecule has 3 heteroatoms. The number of nitrogens with zero attached hydrogens (tertiary/aromatic N) is 2. The third-order valence-corrected chi connectivity index (χ3v) is 6.40. The van der Waals surface area contributed by atoms with Gasteiger partial charge < -0.3 is 10.6 Å². The predicted octanol–water partition coefficient (Wildman–Crippen LogP) is 2.70. The van der Waals surface area contributed by atoms with Crippen molar-refractivity contribution >= 4 is 0 Å². The van der Waals surface area contributed by atoms with Crippen LogP contribution in [0.15, 0.2) is 0 Å². The molecule has 0 radical (unpaired) electrons. The van der Waals surface area contributed by atoms with E-state index >= 15 is 0 Å². The van der Waals surface area contributed by atoms with Crippen molar-refractivity contribution in [3.63, 3.8) is 0 Å². The van der Waals surface area contributed by atoms with E-state index < -0.39 is 0 Å². The molecular weight excluding hydrogens is 246 g/mol. The Balaban J connectivity index is 2.06. The van der Waals surface area contributed by atoms with Crippen molar-refractivity contribution in [2.75, 3.05) is 34.2 Å². The van der Waals surface area contributed by atoms with Crippen molar-refractivity contribution < 1.29 is 0 Å². The van der Waals surface area contributed by atoms with Gasteiger partial charge in [0, 0.05) is 24.2 Å². The summed E-state index contributed by atoms with van der Waals surface area (Å²) in [5.41, 5.74) is 6.92. The Morgan fingerprint density at radius 2 is 1.60 bits per heavy atom. The van der Waals surface area contributed by atoms with Crippen LogP contribution in [0, 0.1) is 5.92 Å². The topological polar surface area (TPSA) is 32.5 Å². The van der Waals surface area contributed by atoms with E-state index in [0.717, 1.165) is 12.5 Å². The minimum absolute atomic E-state index is 0.253. The lowest BCUT2D eigenvalue weighted by Crippen LogP contribution is -2.62. The van der Waals surface area contributed by atoms with Crippen LogP contribution in [-0.4, -0.2) is 55.1 Å². The molecule has 2 aliphatic carbocycles. The first kappa shape index (κ1) is 16.3. The molecule has 0 saturated heterocycles. The molecule has 0 aromatic rings. The van der Waals surface area contributed by atoms with Crippen LogP contribution in [0.1, 0.15) is 58.3 Å². The fourth-order valence-corrected chi connectivity index (χ4v) is 4.25. The normalized spacial score (nSPS) is 34.0. The summed E-state index contributed by atoms with van der Waals surface area (Å²) in [7, 11) is 6.82. The van der Waals surface area contributed by atoms with Crippen LogP contribution >= 0.6 is 0 Å². The van der Waals surface area contributed by atoms with Crippen LogP contribution < -0.4 is 5.73 Å². The third kappa shape index (κ3) is 3.05. The molecule has 2 atom stereocenters. The summed E-state index contributed by atoms with van der Waals surface area (Å²) in [6, 6.07) is 0. The van der Waals surface area contributed by atoms with Gasteiger partial charge in [-0.3, -0.25) is 4.90 Å². The number of nitrogens with two attached hydrogens (primary N) is 1. The Labute approximate surface area is 125 Å². The molecule has 0 spiro atoms. The highest BCUT2D eigenvalue weighted by atomic mass is 15.3. The lowest BCUT2D eigenvalue weighted by Gasteiger charge is -2.53. The van der Waals surface area contributed by atoms with Gasteiger partial charge in [-0.25, -0.2) is 0 Å². The van der Waals surface area contributed by atoms with Crippen molar-refractivity contribution in [2.45, 2.75) is 69.4 Å². The zero-order valence-electron chi connectivity index (χ0n) is 14.1. The monoisotopic (exact) mass is 281 g/mol. The van der Waals surface area contributed by atoms with Gasteiger partial charge in [0.25, 0.3) is 0 Å². The van der Waals surface area contributed by atoms with E-state index in [1.54, 1.807) is 0 Å². The number of likely N-dealkylation sites (N-methyl/N-ethyl adjacent to an activating group) is 2. The molecule has 20 heavy (non-hydrogen) atoms. The summed E-state index contributed by atoms with van der Waals surface area (Å²) in [6.07, 6.45) is 10.7. The van der Waals surface area contributed by atoms with E-state index in [1.165, 1.54) is 57.9 Å². The molecule has 0 bridgehead atoms. The zero-order chi connectivity index (χ0) is 14.8. The third-order valence-electron chi connectivity index (χ3n) is 6.40. The Morgan fingerprint density at radius 3 is 2.10 bits per heavy atom. The summed E-state index contributed by atoms with van der Waals surface area (Å²) >= 11 is 0. The maximum atomic E-state index is 6.25. The van der Waals surface area contributed by atoms with E-state index in [0.29, 0.717) is 5.54 Å². The van der Waals surface area contributed by atoms with Crippen LogP contribution in [0.2, 0.25) is 0 Å². The number of hydrogen-bond donors (Lipinski definition) is 1. The first-order valence-corrected chi connectivity index (χ1v) is 8.53. The highest BCUT2D eigenvalue weighted by Crippen LogP contribution is 2.40. The van der Waals surface area contributed by atoms with Crippen LogP contribution in [-0.2, 0) is 0 Å². The fourth-order valence-electron chi connectivity index (χ4n) is 4.25. The molecule has 0 aromatic heterocycles. The highest BCUT2D eigenvalue weighted by Gasteiger charge is 2.44. The Morgan fingerprint density at radius 1 is 0.950 bits per heavy atom. The SMILES string of the molecule is CC1CCCC(CN)(N(C)CC2(N(C)C)CCC2)CC1. The molecule has 0 amide bonds. The van der Waals surface area contributed by atoms with Crippen molar-refractivity contribution in [2.24, 2.45) is 11.7 Å². The van der Waals surface area contributed by atoms with Crippen molar-refractivity contribution in [3.8, 4) is 0 Å². The molecule has 118 valence electrons. The Kier molecular flexibility index (Phi) is 5.14. The highest BCUT2D eigenvalue weighted by molar-refractivity contribution is 5.02. The second-order valence-corrected chi connectivity index (χ2v) is 7.79. The molecule has 0 aromatic carbocycles. The quantitative estimate of drug-likeness (QED) is 0.787. The van der Waals surface area contributed by atoms with E-state index in [-0.39, 0.29) is 5.54 Å². The minimum atomic E-state index is 0.253. The summed E-state index contributed by atoms with van der Waals surface area (Å²) in [6.45, 7) is 4.41. The molecule has 2 N–H and O–H groups in total. The predicted molar refractivity (Wildman–Crippen MR) is 86.9 cm³/mol. The van der Waals surface area contributed by atoms with Crippen molar-refractivity contribution in [3.05, 3.63) is 0 Å². The second-order valence-electron chi connectivity index (χ2n) is 7.79. The van der Waals surface area contributed by atoms with Crippen molar-refractivity contribution in [1.29, 1.82) is 0 Å². The average molecular weight is 281 g/mol. The summed E-state index contributed by atoms with van der Waals surface area (Å²) in [5.74, 6) is 0.878. The van der Waals surface area contributed by atoms with Gasteiger partial charge >= 0.3 is 0 Å². The van der Waals surface area contributed by atoms with E-state index in [4.69, 9.17) is 5.73 Å². The Bertz CT molecular complexity index is 311. The maximum Gasteiger partial charge on any atom is 0.0330 e. The first-order chi connectivity index (χ1) is 9.44. The van der Waals surface area contributed by atoms with Gasteiger partial charge in [-0.05, 0) is 65.6 Å². The van der Waals surface area contributed by atoms with Gasteiger partial charge in [0.2, 0.25) is 0 Å². The van der Waals surface area contributed by atoms with Crippen LogP contribution in [0.25, 0.3) is 0 Å². The smallest absolute Gasteiger partial charge is 0.0330 e. The second kappa shape index (κ2) is 6.33. The van der Waals surface area contributed by atoms with Gasteiger partial charge in [0.1, 0.15) is 0 Å². The summed E-state index contributed by atoms with van der Waals surface area (Å²) < 4.78 is 0. The number of hydrogen-bond acceptors (Lipinski definition) is 3. The van der Waals surface area contributed by atoms with Gasteiger partial charge in [0.15, 0.2) is 0 Å². The van der Waals surface area contributed by atoms with Crippen LogP contribution in [0.3, 0.4) is 0 Å². The Hall–Kier alpha value is -0.120. The summed E-state index contributed by atoms with van der Waals surface area (Å²) in [4.78, 5) is 5.08. The van der Waals surface area contributed by atoms with E-state index in [1.807, 2.05) is 0 Å². The van der Waals surface area contributed by atoms with E-state index in [2.05, 4.69) is 37.9 Å². The maximum absolute atomic E-state index is 6.25. The zero-order valence-corrected chi connectivity index (χ0v) is 14.1. The fraction of sp³-hybridized carbons (Fsp3) is 1.00. The average Bonchev–Trinajstić information content (AvgIpc) is 2.56. The molecule has 2 unspecified atom stereocenters. The minimum Gasteiger partial charge on any atom is -0.329 e.